The standard InChI is InChI=1S/C13H19ClN4O4S.2ClH/c1-10-12(14)8-11(9-13(10)18(19)20)23(21,22)16-4-7-17-5-2-15-3-6-17;;/h8-9,15-16H,2-7H2,1H3;2*1H. The van der Waals surface area contributed by atoms with Gasteiger partial charge in [0.25, 0.3) is 5.69 Å². The van der Waals surface area contributed by atoms with Crippen LogP contribution in [0.25, 0.3) is 0 Å². The molecule has 1 aromatic carbocycles. The largest absolute Gasteiger partial charge is 0.314 e. The number of nitro groups is 1. The topological polar surface area (TPSA) is 105 Å². The molecule has 1 fully saturated rings. The van der Waals surface area contributed by atoms with E-state index in [1.54, 1.807) is 0 Å². The number of nitrogens with one attached hydrogen (secondary N) is 2. The highest BCUT2D eigenvalue weighted by molar-refractivity contribution is 7.89. The van der Waals surface area contributed by atoms with Crippen molar-refractivity contribution in [2.75, 3.05) is 39.3 Å². The maximum atomic E-state index is 12.3. The number of benzene rings is 1. The molecule has 1 aliphatic heterocycles. The third kappa shape index (κ3) is 6.52. The lowest BCUT2D eigenvalue weighted by Gasteiger charge is -2.27. The van der Waals surface area contributed by atoms with E-state index in [0.717, 1.165) is 32.2 Å². The molecule has 0 saturated carbocycles. The van der Waals surface area contributed by atoms with Gasteiger partial charge in [0.2, 0.25) is 10.0 Å². The molecule has 1 saturated heterocycles. The quantitative estimate of drug-likeness (QED) is 0.519. The third-order valence-corrected chi connectivity index (χ3v) is 5.56. The molecule has 12 heteroatoms. The summed E-state index contributed by atoms with van der Waals surface area (Å²) in [6.07, 6.45) is 0. The molecule has 0 spiro atoms. The molecule has 0 bridgehead atoms. The van der Waals surface area contributed by atoms with Crippen LogP contribution < -0.4 is 10.0 Å². The Morgan fingerprint density at radius 3 is 2.48 bits per heavy atom. The van der Waals surface area contributed by atoms with Gasteiger partial charge in [0.1, 0.15) is 0 Å². The molecule has 1 aliphatic rings. The molecule has 2 rings (SSSR count). The summed E-state index contributed by atoms with van der Waals surface area (Å²) in [4.78, 5) is 12.3. The summed E-state index contributed by atoms with van der Waals surface area (Å²) in [7, 11) is -3.84. The van der Waals surface area contributed by atoms with E-state index in [1.807, 2.05) is 0 Å². The molecule has 25 heavy (non-hydrogen) atoms. The number of sulfonamides is 1. The maximum absolute atomic E-state index is 12.3. The fraction of sp³-hybridized carbons (Fsp3) is 0.538. The highest BCUT2D eigenvalue weighted by Crippen LogP contribution is 2.29. The van der Waals surface area contributed by atoms with Crippen molar-refractivity contribution in [3.05, 3.63) is 32.8 Å². The monoisotopic (exact) mass is 434 g/mol. The second-order valence-electron chi connectivity index (χ2n) is 5.30. The molecule has 0 aromatic heterocycles. The van der Waals surface area contributed by atoms with Gasteiger partial charge in [-0.2, -0.15) is 0 Å². The average Bonchev–Trinajstić information content (AvgIpc) is 2.50. The van der Waals surface area contributed by atoms with Crippen molar-refractivity contribution in [1.29, 1.82) is 0 Å². The van der Waals surface area contributed by atoms with E-state index in [2.05, 4.69) is 14.9 Å². The number of hydrogen-bond donors (Lipinski definition) is 2. The van der Waals surface area contributed by atoms with Crippen LogP contribution in [0.3, 0.4) is 0 Å². The second-order valence-corrected chi connectivity index (χ2v) is 7.47. The number of rotatable bonds is 6. The summed E-state index contributed by atoms with van der Waals surface area (Å²) in [5.41, 5.74) is -0.0589. The van der Waals surface area contributed by atoms with Crippen LogP contribution in [0.4, 0.5) is 5.69 Å². The Morgan fingerprint density at radius 1 is 1.32 bits per heavy atom. The van der Waals surface area contributed by atoms with Crippen LogP contribution in [-0.2, 0) is 10.0 Å². The maximum Gasteiger partial charge on any atom is 0.275 e. The van der Waals surface area contributed by atoms with E-state index in [-0.39, 0.29) is 52.5 Å². The van der Waals surface area contributed by atoms with Crippen LogP contribution in [0.2, 0.25) is 5.02 Å². The Kier molecular flexibility index (Phi) is 10.2. The molecular formula is C13H21Cl3N4O4S. The molecule has 0 aliphatic carbocycles. The Labute approximate surface area is 164 Å². The fourth-order valence-electron chi connectivity index (χ4n) is 2.34. The van der Waals surface area contributed by atoms with Crippen molar-refractivity contribution in [1.82, 2.24) is 14.9 Å². The predicted molar refractivity (Wildman–Crippen MR) is 102 cm³/mol. The minimum Gasteiger partial charge on any atom is -0.314 e. The summed E-state index contributed by atoms with van der Waals surface area (Å²) in [5.74, 6) is 0. The molecule has 0 radical (unpaired) electrons. The smallest absolute Gasteiger partial charge is 0.275 e. The van der Waals surface area contributed by atoms with E-state index in [9.17, 15) is 18.5 Å². The van der Waals surface area contributed by atoms with Gasteiger partial charge in [0.05, 0.1) is 14.8 Å². The van der Waals surface area contributed by atoms with Gasteiger partial charge in [-0.05, 0) is 13.0 Å². The molecule has 1 aromatic rings. The van der Waals surface area contributed by atoms with Crippen LogP contribution in [0, 0.1) is 17.0 Å². The summed E-state index contributed by atoms with van der Waals surface area (Å²) in [6.45, 7) is 5.80. The summed E-state index contributed by atoms with van der Waals surface area (Å²) >= 11 is 5.91. The summed E-state index contributed by atoms with van der Waals surface area (Å²) in [6, 6.07) is 2.27. The van der Waals surface area contributed by atoms with E-state index >= 15 is 0 Å². The van der Waals surface area contributed by atoms with Gasteiger partial charge in [-0.1, -0.05) is 11.6 Å². The van der Waals surface area contributed by atoms with Crippen molar-refractivity contribution in [2.45, 2.75) is 11.8 Å². The second kappa shape index (κ2) is 10.5. The SMILES string of the molecule is Cc1c(Cl)cc(S(=O)(=O)NCCN2CCNCC2)cc1[N+](=O)[O-].Cl.Cl. The molecule has 8 nitrogen and oxygen atoms in total. The number of hydrogen-bond acceptors (Lipinski definition) is 6. The number of piperazine rings is 1. The number of halogens is 3. The Morgan fingerprint density at radius 2 is 1.92 bits per heavy atom. The zero-order valence-electron chi connectivity index (χ0n) is 13.5. The van der Waals surface area contributed by atoms with Gasteiger partial charge >= 0.3 is 0 Å². The Bertz CT molecular complexity index is 697. The van der Waals surface area contributed by atoms with Gasteiger partial charge in [-0.3, -0.25) is 15.0 Å². The van der Waals surface area contributed by atoms with Crippen LogP contribution >= 0.6 is 36.4 Å². The first kappa shape index (κ1) is 24.3. The molecule has 2 N–H and O–H groups in total. The van der Waals surface area contributed by atoms with Gasteiger partial charge < -0.3 is 5.32 Å². The van der Waals surface area contributed by atoms with Gasteiger partial charge in [0.15, 0.2) is 0 Å². The van der Waals surface area contributed by atoms with Crippen LogP contribution in [0.5, 0.6) is 0 Å². The number of nitro benzene ring substituents is 1. The van der Waals surface area contributed by atoms with Gasteiger partial charge in [-0.25, -0.2) is 13.1 Å². The Balaban J connectivity index is 0.00000288. The van der Waals surface area contributed by atoms with Crippen molar-refractivity contribution < 1.29 is 13.3 Å². The fourth-order valence-corrected chi connectivity index (χ4v) is 3.69. The zero-order chi connectivity index (χ0) is 17.0. The molecular weight excluding hydrogens is 415 g/mol. The predicted octanol–water partition coefficient (Wildman–Crippen LogP) is 1.58. The van der Waals surface area contributed by atoms with Gasteiger partial charge in [0, 0.05) is 50.9 Å². The van der Waals surface area contributed by atoms with Gasteiger partial charge in [-0.15, -0.1) is 24.8 Å². The molecule has 1 heterocycles. The first-order valence-corrected chi connectivity index (χ1v) is 9.04. The van der Waals surface area contributed by atoms with Crippen molar-refractivity contribution in [3.63, 3.8) is 0 Å². The lowest BCUT2D eigenvalue weighted by Crippen LogP contribution is -2.46. The third-order valence-electron chi connectivity index (χ3n) is 3.73. The average molecular weight is 436 g/mol. The zero-order valence-corrected chi connectivity index (χ0v) is 16.7. The van der Waals surface area contributed by atoms with Crippen LogP contribution in [-0.4, -0.2) is 57.5 Å². The summed E-state index contributed by atoms with van der Waals surface area (Å²) < 4.78 is 27.0. The lowest BCUT2D eigenvalue weighted by molar-refractivity contribution is -0.385. The first-order chi connectivity index (χ1) is 10.8. The van der Waals surface area contributed by atoms with Crippen molar-refractivity contribution >= 4 is 52.1 Å². The van der Waals surface area contributed by atoms with Crippen LogP contribution in [0.15, 0.2) is 17.0 Å². The lowest BCUT2D eigenvalue weighted by atomic mass is 10.2. The molecule has 0 unspecified atom stereocenters. The van der Waals surface area contributed by atoms with Crippen LogP contribution in [0.1, 0.15) is 5.56 Å². The first-order valence-electron chi connectivity index (χ1n) is 7.18. The molecule has 0 atom stereocenters. The van der Waals surface area contributed by atoms with Crippen molar-refractivity contribution in [3.8, 4) is 0 Å². The minimum absolute atomic E-state index is 0. The molecule has 144 valence electrons. The van der Waals surface area contributed by atoms with E-state index < -0.39 is 14.9 Å². The minimum atomic E-state index is -3.84. The highest BCUT2D eigenvalue weighted by atomic mass is 35.5. The highest BCUT2D eigenvalue weighted by Gasteiger charge is 2.22. The Hall–Kier alpha value is -0.680. The molecule has 0 amide bonds. The van der Waals surface area contributed by atoms with E-state index in [1.165, 1.54) is 13.0 Å². The van der Waals surface area contributed by atoms with E-state index in [4.69, 9.17) is 11.6 Å². The van der Waals surface area contributed by atoms with Crippen molar-refractivity contribution in [2.24, 2.45) is 0 Å². The normalized spacial score (nSPS) is 15.1. The summed E-state index contributed by atoms with van der Waals surface area (Å²) in [5, 5.41) is 14.3. The number of nitrogens with zero attached hydrogens (tertiary/aromatic N) is 2. The van der Waals surface area contributed by atoms with E-state index in [0.29, 0.717) is 6.54 Å².